The minimum Gasteiger partial charge on any atom is -1.00 e. The number of hydrogen-bond donors (Lipinski definition) is 0. The van der Waals surface area contributed by atoms with E-state index in [9.17, 15) is 4.79 Å². The molecule has 0 aliphatic rings. The number of ether oxygens (including phenoxy) is 1. The maximum Gasteiger partial charge on any atom is 0.302 e. The van der Waals surface area contributed by atoms with E-state index in [1.165, 1.54) is 0 Å². The molecule has 0 radical (unpaired) electrons. The zero-order valence-electron chi connectivity index (χ0n) is 15.1. The van der Waals surface area contributed by atoms with Gasteiger partial charge < -0.3 is 26.2 Å². The molecule has 0 atom stereocenters. The van der Waals surface area contributed by atoms with Crippen molar-refractivity contribution in [3.8, 4) is 0 Å². The molecule has 0 heterocycles. The average molecular weight is 235 g/mol. The highest BCUT2D eigenvalue weighted by Gasteiger charge is 2.06. The van der Waals surface area contributed by atoms with Crippen LogP contribution in [0.2, 0.25) is 0 Å². The van der Waals surface area contributed by atoms with Crippen molar-refractivity contribution in [2.24, 2.45) is 0 Å². The lowest BCUT2D eigenvalue weighted by molar-refractivity contribution is -0.870. The summed E-state index contributed by atoms with van der Waals surface area (Å²) in [6.07, 6.45) is 0. The molecular formula is C7H16BrNO2. The van der Waals surface area contributed by atoms with Gasteiger partial charge in [0.2, 0.25) is 0 Å². The van der Waals surface area contributed by atoms with Crippen LogP contribution >= 0.6 is 0 Å². The van der Waals surface area contributed by atoms with Crippen molar-refractivity contribution in [3.63, 3.8) is 0 Å². The predicted molar refractivity (Wildman–Crippen MR) is 39.5 cm³/mol. The van der Waals surface area contributed by atoms with Gasteiger partial charge in [-0.15, -0.1) is 0 Å². The number of esters is 1. The van der Waals surface area contributed by atoms with Crippen LogP contribution in [0.4, 0.5) is 0 Å². The minimum atomic E-state index is -3.31. The number of carbonyl (C=O) groups is 1. The van der Waals surface area contributed by atoms with Gasteiger partial charge in [-0.25, -0.2) is 0 Å². The van der Waals surface area contributed by atoms with Crippen molar-refractivity contribution >= 4 is 5.97 Å². The molecule has 68 valence electrons. The predicted octanol–water partition coefficient (Wildman–Crippen LogP) is -2.74. The third-order valence-electron chi connectivity index (χ3n) is 0.732. The van der Waals surface area contributed by atoms with Gasteiger partial charge in [0.1, 0.15) is 13.2 Å². The lowest BCUT2D eigenvalue weighted by Gasteiger charge is -2.23. The third-order valence-corrected chi connectivity index (χ3v) is 0.732. The second-order valence-corrected chi connectivity index (χ2v) is 1.87. The fraction of sp³-hybridized carbons (Fsp3) is 0.857. The molecule has 0 spiro atoms. The minimum absolute atomic E-state index is 0. The molecule has 4 heteroatoms. The first-order chi connectivity index (χ1) is 8.17. The number of nitrogens with zero attached hydrogens (tertiary/aromatic N) is 1. The van der Waals surface area contributed by atoms with Gasteiger partial charge in [-0.2, -0.15) is 0 Å². The Kier molecular flexibility index (Phi) is 1.68. The molecule has 0 aromatic rings. The summed E-state index contributed by atoms with van der Waals surface area (Å²) in [7, 11) is 0. The van der Waals surface area contributed by atoms with Gasteiger partial charge in [-0.05, 0) is 0 Å². The van der Waals surface area contributed by atoms with Gasteiger partial charge in [0, 0.05) is 6.92 Å². The molecule has 0 aromatic heterocycles. The molecule has 0 rings (SSSR count). The second-order valence-electron chi connectivity index (χ2n) is 1.87. The van der Waals surface area contributed by atoms with Gasteiger partial charge in [0.15, 0.2) is 0 Å². The first-order valence-corrected chi connectivity index (χ1v) is 2.68. The molecule has 0 saturated carbocycles. The highest BCUT2D eigenvalue weighted by molar-refractivity contribution is 5.65. The number of carbonyl (C=O) groups excluding carboxylic acids is 1. The van der Waals surface area contributed by atoms with E-state index in [2.05, 4.69) is 4.74 Å². The summed E-state index contributed by atoms with van der Waals surface area (Å²) in [5.41, 5.74) is 0. The van der Waals surface area contributed by atoms with E-state index in [4.69, 9.17) is 12.3 Å². The average Bonchev–Trinajstić information content (AvgIpc) is 2.04. The van der Waals surface area contributed by atoms with Crippen LogP contribution in [0.25, 0.3) is 0 Å². The van der Waals surface area contributed by atoms with Crippen LogP contribution in [-0.4, -0.2) is 44.5 Å². The molecule has 0 aliphatic heterocycles. The van der Waals surface area contributed by atoms with E-state index >= 15 is 0 Å². The number of halogens is 1. The molecule has 0 bridgehead atoms. The van der Waals surface area contributed by atoms with Gasteiger partial charge >= 0.3 is 5.97 Å². The zero-order chi connectivity index (χ0) is 15.7. The Balaban J connectivity index is 0. The molecule has 11 heavy (non-hydrogen) atoms. The van der Waals surface area contributed by atoms with Crippen molar-refractivity contribution in [2.45, 2.75) is 6.92 Å². The van der Waals surface area contributed by atoms with E-state index in [-0.39, 0.29) is 17.0 Å². The third kappa shape index (κ3) is 13.0. The molecule has 0 aromatic carbocycles. The first kappa shape index (κ1) is 3.34. The molecule has 0 saturated heterocycles. The van der Waals surface area contributed by atoms with Crippen LogP contribution < -0.4 is 17.0 Å². The van der Waals surface area contributed by atoms with Crippen molar-refractivity contribution in [2.75, 3.05) is 34.1 Å². The van der Waals surface area contributed by atoms with Crippen LogP contribution in [0.3, 0.4) is 0 Å². The molecule has 3 nitrogen and oxygen atoms in total. The highest BCUT2D eigenvalue weighted by Crippen LogP contribution is 1.88. The van der Waals surface area contributed by atoms with Crippen LogP contribution in [0.5, 0.6) is 0 Å². The van der Waals surface area contributed by atoms with E-state index in [0.717, 1.165) is 6.92 Å². The molecule has 0 fully saturated rings. The van der Waals surface area contributed by atoms with Gasteiger partial charge in [-0.3, -0.25) is 4.79 Å². The van der Waals surface area contributed by atoms with Crippen molar-refractivity contribution < 1.29 is 43.3 Å². The van der Waals surface area contributed by atoms with Crippen LogP contribution in [-0.2, 0) is 9.53 Å². The van der Waals surface area contributed by atoms with E-state index < -0.39 is 44.5 Å². The van der Waals surface area contributed by atoms with Gasteiger partial charge in [0.05, 0.1) is 33.3 Å². The normalized spacial score (nSPS) is 25.7. The van der Waals surface area contributed by atoms with Crippen molar-refractivity contribution in [1.82, 2.24) is 0 Å². The zero-order valence-corrected chi connectivity index (χ0v) is 7.64. The Morgan fingerprint density at radius 1 is 1.55 bits per heavy atom. The summed E-state index contributed by atoms with van der Waals surface area (Å²) in [5.74, 6) is -0.750. The summed E-state index contributed by atoms with van der Waals surface area (Å²) < 4.78 is 67.9. The van der Waals surface area contributed by atoms with Gasteiger partial charge in [0.25, 0.3) is 0 Å². The Morgan fingerprint density at radius 2 is 2.09 bits per heavy atom. The maximum absolute atomic E-state index is 10.6. The number of rotatable bonds is 3. The van der Waals surface area contributed by atoms with E-state index in [0.29, 0.717) is 0 Å². The Hall–Kier alpha value is -0.0900. The number of hydrogen-bond acceptors (Lipinski definition) is 2. The fourth-order valence-electron chi connectivity index (χ4n) is 0.326. The molecular weight excluding hydrogens is 210 g/mol. The Bertz CT molecular complexity index is 299. The smallest absolute Gasteiger partial charge is 0.302 e. The summed E-state index contributed by atoms with van der Waals surface area (Å²) in [4.78, 5) is 10.6. The molecule has 0 unspecified atom stereocenters. The van der Waals surface area contributed by atoms with E-state index in [1.54, 1.807) is 0 Å². The van der Waals surface area contributed by atoms with E-state index in [1.807, 2.05) is 0 Å². The van der Waals surface area contributed by atoms with Crippen molar-refractivity contribution in [3.05, 3.63) is 0 Å². The summed E-state index contributed by atoms with van der Waals surface area (Å²) in [5, 5.41) is 0. The Labute approximate surface area is 91.3 Å². The number of quaternary nitrogens is 1. The van der Waals surface area contributed by atoms with Crippen LogP contribution in [0.1, 0.15) is 19.3 Å². The van der Waals surface area contributed by atoms with Crippen LogP contribution in [0, 0.1) is 0 Å². The molecule has 0 aliphatic carbocycles. The second kappa shape index (κ2) is 5.55. The monoisotopic (exact) mass is 234 g/mol. The SMILES string of the molecule is [2H]C([2H])([2H])[N+](CCOC(C)=O)(C([2H])([2H])[2H])C([2H])([2H])[2H].[Br-]. The fourth-order valence-corrected chi connectivity index (χ4v) is 0.326. The lowest BCUT2D eigenvalue weighted by atomic mass is 10.5. The van der Waals surface area contributed by atoms with Crippen LogP contribution in [0.15, 0.2) is 0 Å². The summed E-state index contributed by atoms with van der Waals surface area (Å²) >= 11 is 0. The quantitative estimate of drug-likeness (QED) is 0.392. The van der Waals surface area contributed by atoms with Gasteiger partial charge in [-0.1, -0.05) is 0 Å². The maximum atomic E-state index is 10.6. The Morgan fingerprint density at radius 3 is 2.45 bits per heavy atom. The molecule has 0 amide bonds. The summed E-state index contributed by atoms with van der Waals surface area (Å²) in [6.45, 7) is -10.3. The number of likely N-dealkylation sites (N-methyl/N-ethyl adjacent to an activating group) is 1. The highest BCUT2D eigenvalue weighted by atomic mass is 79.9. The summed E-state index contributed by atoms with van der Waals surface area (Å²) in [6, 6.07) is 0. The topological polar surface area (TPSA) is 26.3 Å². The van der Waals surface area contributed by atoms with Crippen molar-refractivity contribution in [1.29, 1.82) is 0 Å². The lowest BCUT2D eigenvalue weighted by Crippen LogP contribution is -3.00. The first-order valence-electron chi connectivity index (χ1n) is 7.18. The molecule has 0 N–H and O–H groups in total. The largest absolute Gasteiger partial charge is 1.00 e. The standard InChI is InChI=1S/C7H16NO2.BrH/c1-7(9)10-6-5-8(2,3)4;/h5-6H2,1-4H3;1H/q+1;/p-1/i2D3,3D3,4D3;.